The molecule has 0 saturated carbocycles. The quantitative estimate of drug-likeness (QED) is 0.445. The third kappa shape index (κ3) is 5.41. The van der Waals surface area contributed by atoms with Gasteiger partial charge in [0.05, 0.1) is 6.54 Å². The van der Waals surface area contributed by atoms with Crippen molar-refractivity contribution in [3.63, 3.8) is 0 Å². The van der Waals surface area contributed by atoms with Gasteiger partial charge in [0.2, 0.25) is 12.7 Å². The van der Waals surface area contributed by atoms with E-state index in [2.05, 4.69) is 10.6 Å². The van der Waals surface area contributed by atoms with Gasteiger partial charge < -0.3 is 24.8 Å². The molecule has 1 atom stereocenters. The summed E-state index contributed by atoms with van der Waals surface area (Å²) in [6.07, 6.45) is 0.285. The Labute approximate surface area is 208 Å². The van der Waals surface area contributed by atoms with E-state index in [4.69, 9.17) is 14.2 Å². The lowest BCUT2D eigenvalue weighted by molar-refractivity contribution is -0.128. The monoisotopic (exact) mass is 487 g/mol. The Kier molecular flexibility index (Phi) is 6.70. The maximum atomic E-state index is 12.8. The van der Waals surface area contributed by atoms with E-state index in [0.29, 0.717) is 29.5 Å². The minimum Gasteiger partial charge on any atom is -0.489 e. The summed E-state index contributed by atoms with van der Waals surface area (Å²) in [7, 11) is 0. The van der Waals surface area contributed by atoms with Crippen LogP contribution in [0, 0.1) is 0 Å². The average molecular weight is 488 g/mol. The van der Waals surface area contributed by atoms with Crippen molar-refractivity contribution < 1.29 is 28.6 Å². The molecule has 2 N–H and O–H groups in total. The van der Waals surface area contributed by atoms with Crippen LogP contribution in [0.15, 0.2) is 72.8 Å². The van der Waals surface area contributed by atoms with Crippen molar-refractivity contribution in [3.8, 4) is 17.2 Å². The second kappa shape index (κ2) is 10.4. The second-order valence-corrected chi connectivity index (χ2v) is 8.50. The van der Waals surface area contributed by atoms with E-state index >= 15 is 0 Å². The summed E-state index contributed by atoms with van der Waals surface area (Å²) in [4.78, 5) is 38.7. The normalized spacial score (nSPS) is 16.1. The number of rotatable bonds is 9. The van der Waals surface area contributed by atoms with Gasteiger partial charge in [0.1, 0.15) is 18.4 Å². The maximum absolute atomic E-state index is 12.8. The van der Waals surface area contributed by atoms with Gasteiger partial charge in [-0.1, -0.05) is 36.4 Å². The fourth-order valence-electron chi connectivity index (χ4n) is 4.02. The second-order valence-electron chi connectivity index (χ2n) is 8.50. The molecular formula is C27H25N3O6. The van der Waals surface area contributed by atoms with E-state index in [1.165, 1.54) is 0 Å². The largest absolute Gasteiger partial charge is 0.489 e. The SMILES string of the molecule is O=C(CC[C@@H]1NC(=O)N(Cc2ccc3c(c2)OCO3)C1=O)Nc1ccc(OCc2ccccc2)cc1. The number of carbonyl (C=O) groups excluding carboxylic acids is 3. The van der Waals surface area contributed by atoms with Crippen molar-refractivity contribution in [2.75, 3.05) is 12.1 Å². The zero-order valence-corrected chi connectivity index (χ0v) is 19.4. The summed E-state index contributed by atoms with van der Waals surface area (Å²) in [5.41, 5.74) is 2.44. The van der Waals surface area contributed by atoms with E-state index in [9.17, 15) is 14.4 Å². The van der Waals surface area contributed by atoms with Crippen molar-refractivity contribution >= 4 is 23.5 Å². The first-order valence-electron chi connectivity index (χ1n) is 11.6. The minimum atomic E-state index is -0.744. The fraction of sp³-hybridized carbons (Fsp3) is 0.222. The van der Waals surface area contributed by atoms with Gasteiger partial charge in [-0.15, -0.1) is 0 Å². The van der Waals surface area contributed by atoms with Crippen LogP contribution >= 0.6 is 0 Å². The number of ether oxygens (including phenoxy) is 3. The lowest BCUT2D eigenvalue weighted by Crippen LogP contribution is -2.31. The number of hydrogen-bond donors (Lipinski definition) is 2. The molecule has 0 spiro atoms. The molecule has 2 aliphatic heterocycles. The Balaban J connectivity index is 1.08. The molecule has 3 aromatic rings. The number of benzene rings is 3. The average Bonchev–Trinajstić information content (AvgIpc) is 3.47. The molecule has 36 heavy (non-hydrogen) atoms. The van der Waals surface area contributed by atoms with E-state index in [1.54, 1.807) is 42.5 Å². The molecule has 9 nitrogen and oxygen atoms in total. The van der Waals surface area contributed by atoms with Crippen LogP contribution in [0.2, 0.25) is 0 Å². The van der Waals surface area contributed by atoms with Crippen molar-refractivity contribution in [2.45, 2.75) is 32.0 Å². The van der Waals surface area contributed by atoms with Crippen LogP contribution in [0.5, 0.6) is 17.2 Å². The van der Waals surface area contributed by atoms with Gasteiger partial charge in [-0.2, -0.15) is 0 Å². The predicted octanol–water partition coefficient (Wildman–Crippen LogP) is 3.83. The summed E-state index contributed by atoms with van der Waals surface area (Å²) < 4.78 is 16.4. The zero-order chi connectivity index (χ0) is 24.9. The van der Waals surface area contributed by atoms with Crippen LogP contribution < -0.4 is 24.8 Å². The first kappa shape index (κ1) is 23.2. The fourth-order valence-corrected chi connectivity index (χ4v) is 4.02. The van der Waals surface area contributed by atoms with Gasteiger partial charge in [-0.3, -0.25) is 14.5 Å². The van der Waals surface area contributed by atoms with Crippen LogP contribution in [-0.2, 0) is 22.7 Å². The smallest absolute Gasteiger partial charge is 0.325 e. The Morgan fingerprint density at radius 3 is 2.56 bits per heavy atom. The van der Waals surface area contributed by atoms with Crippen molar-refractivity contribution in [1.29, 1.82) is 0 Å². The number of imide groups is 1. The molecular weight excluding hydrogens is 462 g/mol. The Hall–Kier alpha value is -4.53. The topological polar surface area (TPSA) is 106 Å². The van der Waals surface area contributed by atoms with Crippen LogP contribution in [0.3, 0.4) is 0 Å². The van der Waals surface area contributed by atoms with Crippen molar-refractivity contribution in [2.24, 2.45) is 0 Å². The van der Waals surface area contributed by atoms with Gasteiger partial charge in [0.25, 0.3) is 5.91 Å². The highest BCUT2D eigenvalue weighted by Crippen LogP contribution is 2.33. The van der Waals surface area contributed by atoms with Crippen molar-refractivity contribution in [1.82, 2.24) is 10.2 Å². The summed E-state index contributed by atoms with van der Waals surface area (Å²) in [6, 6.07) is 21.0. The Morgan fingerprint density at radius 2 is 1.75 bits per heavy atom. The van der Waals surface area contributed by atoms with Gasteiger partial charge in [-0.05, 0) is 53.9 Å². The van der Waals surface area contributed by atoms with Crippen LogP contribution in [0.25, 0.3) is 0 Å². The van der Waals surface area contributed by atoms with E-state index in [-0.39, 0.29) is 38.0 Å². The molecule has 2 heterocycles. The zero-order valence-electron chi connectivity index (χ0n) is 19.4. The van der Waals surface area contributed by atoms with Gasteiger partial charge >= 0.3 is 6.03 Å². The van der Waals surface area contributed by atoms with Gasteiger partial charge in [-0.25, -0.2) is 4.79 Å². The molecule has 0 unspecified atom stereocenters. The molecule has 0 aliphatic carbocycles. The predicted molar refractivity (Wildman–Crippen MR) is 131 cm³/mol. The number of amides is 4. The first-order chi connectivity index (χ1) is 17.5. The molecule has 1 saturated heterocycles. The molecule has 5 rings (SSSR count). The lowest BCUT2D eigenvalue weighted by atomic mass is 10.1. The highest BCUT2D eigenvalue weighted by atomic mass is 16.7. The third-order valence-corrected chi connectivity index (χ3v) is 5.93. The number of fused-ring (bicyclic) bond motifs is 1. The van der Waals surface area contributed by atoms with Crippen LogP contribution in [0.4, 0.5) is 10.5 Å². The number of urea groups is 1. The van der Waals surface area contributed by atoms with Gasteiger partial charge in [0.15, 0.2) is 11.5 Å². The molecule has 4 amide bonds. The summed E-state index contributed by atoms with van der Waals surface area (Å²) >= 11 is 0. The molecule has 1 fully saturated rings. The highest BCUT2D eigenvalue weighted by Gasteiger charge is 2.38. The molecule has 184 valence electrons. The standard InChI is InChI=1S/C27H25N3O6/c31-25(28-20-7-9-21(10-8-20)34-16-18-4-2-1-3-5-18)13-11-22-26(32)30(27(33)29-22)15-19-6-12-23-24(14-19)36-17-35-23/h1-10,12,14,22H,11,13,15-17H2,(H,28,31)(H,29,33)/t22-/m0/s1. The number of hydrogen-bond acceptors (Lipinski definition) is 6. The maximum Gasteiger partial charge on any atom is 0.325 e. The summed E-state index contributed by atoms with van der Waals surface area (Å²) in [6.45, 7) is 0.723. The van der Waals surface area contributed by atoms with E-state index < -0.39 is 12.1 Å². The molecule has 3 aromatic carbocycles. The van der Waals surface area contributed by atoms with Crippen LogP contribution in [0.1, 0.15) is 24.0 Å². The van der Waals surface area contributed by atoms with E-state index in [0.717, 1.165) is 16.0 Å². The number of carbonyl (C=O) groups is 3. The lowest BCUT2D eigenvalue weighted by Gasteiger charge is -2.13. The molecule has 2 aliphatic rings. The number of anilines is 1. The molecule has 0 radical (unpaired) electrons. The van der Waals surface area contributed by atoms with Gasteiger partial charge in [0, 0.05) is 12.1 Å². The Morgan fingerprint density at radius 1 is 0.972 bits per heavy atom. The van der Waals surface area contributed by atoms with Crippen LogP contribution in [-0.4, -0.2) is 35.6 Å². The minimum absolute atomic E-state index is 0.0841. The molecule has 9 heteroatoms. The number of nitrogens with one attached hydrogen (secondary N) is 2. The third-order valence-electron chi connectivity index (χ3n) is 5.93. The van der Waals surface area contributed by atoms with E-state index in [1.807, 2.05) is 30.3 Å². The molecule has 0 aromatic heterocycles. The highest BCUT2D eigenvalue weighted by molar-refractivity contribution is 6.04. The summed E-state index contributed by atoms with van der Waals surface area (Å²) in [5, 5.41) is 5.48. The molecule has 0 bridgehead atoms. The Bertz CT molecular complexity index is 1260. The summed E-state index contributed by atoms with van der Waals surface area (Å²) in [5.74, 6) is 1.31. The van der Waals surface area contributed by atoms with Crippen molar-refractivity contribution in [3.05, 3.63) is 83.9 Å². The number of nitrogens with zero attached hydrogens (tertiary/aromatic N) is 1. The first-order valence-corrected chi connectivity index (χ1v) is 11.6.